The molecule has 15 heavy (non-hydrogen) atoms. The Bertz CT molecular complexity index is 399. The second kappa shape index (κ2) is 4.78. The first-order valence-corrected chi connectivity index (χ1v) is 4.88. The average molecular weight is 204 g/mol. The fourth-order valence-corrected chi connectivity index (χ4v) is 1.32. The molecule has 0 N–H and O–H groups in total. The van der Waals surface area contributed by atoms with Gasteiger partial charge in [0, 0.05) is 5.56 Å². The van der Waals surface area contributed by atoms with E-state index < -0.39 is 0 Å². The summed E-state index contributed by atoms with van der Waals surface area (Å²) in [5.41, 5.74) is 2.70. The summed E-state index contributed by atoms with van der Waals surface area (Å²) in [5.74, 6) is 0.774. The van der Waals surface area contributed by atoms with Crippen LogP contribution in [0.2, 0.25) is 0 Å². The van der Waals surface area contributed by atoms with E-state index in [4.69, 9.17) is 4.74 Å². The fraction of sp³-hybridized carbons (Fsp3) is 0.308. The molecule has 0 heterocycles. The summed E-state index contributed by atoms with van der Waals surface area (Å²) in [6.45, 7) is 5.76. The van der Waals surface area contributed by atoms with Gasteiger partial charge in [-0.3, -0.25) is 4.79 Å². The zero-order valence-electron chi connectivity index (χ0n) is 9.63. The summed E-state index contributed by atoms with van der Waals surface area (Å²) < 4.78 is 5.17. The van der Waals surface area contributed by atoms with Gasteiger partial charge >= 0.3 is 0 Å². The normalized spacial score (nSPS) is 9.60. The lowest BCUT2D eigenvalue weighted by atomic mass is 10.1. The molecule has 0 aliphatic rings. The molecule has 0 atom stereocenters. The van der Waals surface area contributed by atoms with E-state index in [9.17, 15) is 4.79 Å². The number of benzene rings is 1. The first-order chi connectivity index (χ1) is 7.04. The average Bonchev–Trinajstić information content (AvgIpc) is 2.17. The van der Waals surface area contributed by atoms with Crippen LogP contribution in [-0.4, -0.2) is 12.9 Å². The number of hydrogen-bond donors (Lipinski definition) is 0. The zero-order chi connectivity index (χ0) is 11.4. The Hall–Kier alpha value is -1.57. The second-order valence-electron chi connectivity index (χ2n) is 3.77. The van der Waals surface area contributed by atoms with E-state index in [2.05, 4.69) is 0 Å². The summed E-state index contributed by atoms with van der Waals surface area (Å²) in [4.78, 5) is 11.7. The lowest BCUT2D eigenvalue weighted by Crippen LogP contribution is -1.97. The molecule has 0 unspecified atom stereocenters. The van der Waals surface area contributed by atoms with Crippen LogP contribution in [0.5, 0.6) is 5.75 Å². The van der Waals surface area contributed by atoms with Gasteiger partial charge in [-0.1, -0.05) is 17.7 Å². The molecule has 80 valence electrons. The van der Waals surface area contributed by atoms with Crippen molar-refractivity contribution in [3.05, 3.63) is 41.0 Å². The van der Waals surface area contributed by atoms with Crippen LogP contribution in [0.25, 0.3) is 0 Å². The Labute approximate surface area is 90.6 Å². The summed E-state index contributed by atoms with van der Waals surface area (Å²) in [6.07, 6.45) is 1.63. The van der Waals surface area contributed by atoms with Crippen molar-refractivity contribution in [2.45, 2.75) is 20.8 Å². The molecule has 0 saturated heterocycles. The van der Waals surface area contributed by atoms with Gasteiger partial charge in [0.05, 0.1) is 7.11 Å². The quantitative estimate of drug-likeness (QED) is 0.558. The number of carbonyl (C=O) groups is 1. The van der Waals surface area contributed by atoms with Crippen LogP contribution in [0, 0.1) is 6.92 Å². The number of rotatable bonds is 3. The molecule has 0 radical (unpaired) electrons. The van der Waals surface area contributed by atoms with Crippen LogP contribution in [0.15, 0.2) is 29.8 Å². The first-order valence-electron chi connectivity index (χ1n) is 4.88. The Morgan fingerprint density at radius 3 is 2.53 bits per heavy atom. The molecule has 1 rings (SSSR count). The van der Waals surface area contributed by atoms with Crippen molar-refractivity contribution in [2.75, 3.05) is 7.11 Å². The summed E-state index contributed by atoms with van der Waals surface area (Å²) >= 11 is 0. The van der Waals surface area contributed by atoms with E-state index in [1.54, 1.807) is 19.3 Å². The van der Waals surface area contributed by atoms with Crippen molar-refractivity contribution in [3.8, 4) is 5.75 Å². The van der Waals surface area contributed by atoms with Crippen LogP contribution in [0.3, 0.4) is 0 Å². The molecule has 2 heteroatoms. The van der Waals surface area contributed by atoms with Crippen LogP contribution in [0.1, 0.15) is 29.8 Å². The Morgan fingerprint density at radius 2 is 2.00 bits per heavy atom. The third kappa shape index (κ3) is 2.94. The van der Waals surface area contributed by atoms with Gasteiger partial charge in [-0.2, -0.15) is 0 Å². The maximum Gasteiger partial charge on any atom is 0.185 e. The van der Waals surface area contributed by atoms with Crippen LogP contribution in [-0.2, 0) is 0 Å². The highest BCUT2D eigenvalue weighted by molar-refractivity contribution is 6.05. The Morgan fingerprint density at radius 1 is 1.33 bits per heavy atom. The molecule has 1 aromatic carbocycles. The molecule has 0 bridgehead atoms. The largest absolute Gasteiger partial charge is 0.496 e. The highest BCUT2D eigenvalue weighted by Crippen LogP contribution is 2.19. The second-order valence-corrected chi connectivity index (χ2v) is 3.77. The van der Waals surface area contributed by atoms with E-state index >= 15 is 0 Å². The van der Waals surface area contributed by atoms with Gasteiger partial charge in [0.25, 0.3) is 0 Å². The van der Waals surface area contributed by atoms with Crippen molar-refractivity contribution in [1.29, 1.82) is 0 Å². The number of aryl methyl sites for hydroxylation is 1. The molecule has 0 amide bonds. The van der Waals surface area contributed by atoms with Crippen molar-refractivity contribution in [3.63, 3.8) is 0 Å². The third-order valence-electron chi connectivity index (χ3n) is 2.11. The zero-order valence-corrected chi connectivity index (χ0v) is 9.63. The molecule has 0 fully saturated rings. The van der Waals surface area contributed by atoms with E-state index in [1.165, 1.54) is 0 Å². The molecule has 0 aliphatic heterocycles. The molecular formula is C13H16O2. The molecular weight excluding hydrogens is 188 g/mol. The van der Waals surface area contributed by atoms with E-state index in [1.807, 2.05) is 32.9 Å². The van der Waals surface area contributed by atoms with Crippen molar-refractivity contribution < 1.29 is 9.53 Å². The predicted octanol–water partition coefficient (Wildman–Crippen LogP) is 3.15. The number of ether oxygens (including phenoxy) is 1. The third-order valence-corrected chi connectivity index (χ3v) is 2.11. The smallest absolute Gasteiger partial charge is 0.185 e. The van der Waals surface area contributed by atoms with Crippen LogP contribution >= 0.6 is 0 Å². The maximum atomic E-state index is 11.7. The van der Waals surface area contributed by atoms with Crippen LogP contribution < -0.4 is 4.74 Å². The molecule has 0 aromatic heterocycles. The Kier molecular flexibility index (Phi) is 3.67. The first kappa shape index (κ1) is 11.5. The highest BCUT2D eigenvalue weighted by atomic mass is 16.5. The number of carbonyl (C=O) groups excluding carboxylic acids is 1. The van der Waals surface area contributed by atoms with Gasteiger partial charge in [-0.25, -0.2) is 0 Å². The van der Waals surface area contributed by atoms with Gasteiger partial charge in [0.1, 0.15) is 5.75 Å². The van der Waals surface area contributed by atoms with Crippen molar-refractivity contribution in [1.82, 2.24) is 0 Å². The molecule has 0 saturated carbocycles. The SMILES string of the molecule is COc1cc(C(=O)C=C(C)C)ccc1C. The van der Waals surface area contributed by atoms with E-state index in [0.29, 0.717) is 5.56 Å². The van der Waals surface area contributed by atoms with E-state index in [0.717, 1.165) is 16.9 Å². The topological polar surface area (TPSA) is 26.3 Å². The van der Waals surface area contributed by atoms with Gasteiger partial charge < -0.3 is 4.74 Å². The number of methoxy groups -OCH3 is 1. The van der Waals surface area contributed by atoms with Crippen molar-refractivity contribution in [2.24, 2.45) is 0 Å². The molecule has 0 spiro atoms. The maximum absolute atomic E-state index is 11.7. The number of allylic oxidation sites excluding steroid dienone is 2. The van der Waals surface area contributed by atoms with Gasteiger partial charge in [0.2, 0.25) is 0 Å². The standard InChI is InChI=1S/C13H16O2/c1-9(2)7-12(14)11-6-5-10(3)13(8-11)15-4/h5-8H,1-4H3. The molecule has 2 nitrogen and oxygen atoms in total. The molecule has 1 aromatic rings. The summed E-state index contributed by atoms with van der Waals surface area (Å²) in [6, 6.07) is 5.49. The predicted molar refractivity (Wildman–Crippen MR) is 61.5 cm³/mol. The minimum absolute atomic E-state index is 0.0216. The lowest BCUT2D eigenvalue weighted by molar-refractivity contribution is 0.104. The minimum Gasteiger partial charge on any atom is -0.496 e. The number of hydrogen-bond acceptors (Lipinski definition) is 2. The van der Waals surface area contributed by atoms with Gasteiger partial charge in [0.15, 0.2) is 5.78 Å². The Balaban J connectivity index is 3.06. The summed E-state index contributed by atoms with van der Waals surface area (Å²) in [7, 11) is 1.61. The fourth-order valence-electron chi connectivity index (χ4n) is 1.32. The van der Waals surface area contributed by atoms with Crippen molar-refractivity contribution >= 4 is 5.78 Å². The summed E-state index contributed by atoms with van der Waals surface area (Å²) in [5, 5.41) is 0. The molecule has 0 aliphatic carbocycles. The van der Waals surface area contributed by atoms with Crippen LogP contribution in [0.4, 0.5) is 0 Å². The number of ketones is 1. The van der Waals surface area contributed by atoms with Gasteiger partial charge in [-0.15, -0.1) is 0 Å². The minimum atomic E-state index is 0.0216. The lowest BCUT2D eigenvalue weighted by Gasteiger charge is -2.05. The van der Waals surface area contributed by atoms with E-state index in [-0.39, 0.29) is 5.78 Å². The van der Waals surface area contributed by atoms with Gasteiger partial charge in [-0.05, 0) is 38.5 Å². The monoisotopic (exact) mass is 204 g/mol. The highest BCUT2D eigenvalue weighted by Gasteiger charge is 2.05.